The van der Waals surface area contributed by atoms with Crippen LogP contribution in [0.5, 0.6) is 5.75 Å². The number of pyridine rings is 1. The number of amides is 1. The maximum absolute atomic E-state index is 13.4. The molecule has 4 rings (SSSR count). The fourth-order valence-corrected chi connectivity index (χ4v) is 4.14. The highest BCUT2D eigenvalue weighted by molar-refractivity contribution is 6.51. The first-order valence-electron chi connectivity index (χ1n) is 12.5. The zero-order chi connectivity index (χ0) is 27.2. The van der Waals surface area contributed by atoms with Gasteiger partial charge in [-0.3, -0.25) is 19.5 Å². The normalized spacial score (nSPS) is 16.6. The molecule has 0 saturated carbocycles. The Hall–Kier alpha value is -4.46. The summed E-state index contributed by atoms with van der Waals surface area (Å²) in [4.78, 5) is 44.6. The van der Waals surface area contributed by atoms with Crippen molar-refractivity contribution in [3.05, 3.63) is 95.3 Å². The van der Waals surface area contributed by atoms with E-state index in [9.17, 15) is 19.5 Å². The predicted molar refractivity (Wildman–Crippen MR) is 143 cm³/mol. The number of aromatic nitrogens is 1. The van der Waals surface area contributed by atoms with Gasteiger partial charge in [0.05, 0.1) is 30.4 Å². The van der Waals surface area contributed by atoms with Crippen LogP contribution in [0.3, 0.4) is 0 Å². The molecular formula is C30H30N2O6. The van der Waals surface area contributed by atoms with Crippen molar-refractivity contribution in [2.45, 2.75) is 33.2 Å². The van der Waals surface area contributed by atoms with E-state index in [-0.39, 0.29) is 23.5 Å². The third kappa shape index (κ3) is 5.59. The molecule has 2 aromatic carbocycles. The molecule has 196 valence electrons. The van der Waals surface area contributed by atoms with E-state index in [1.165, 1.54) is 11.0 Å². The van der Waals surface area contributed by atoms with Crippen LogP contribution in [0.1, 0.15) is 54.7 Å². The van der Waals surface area contributed by atoms with Gasteiger partial charge in [0, 0.05) is 23.6 Å². The Morgan fingerprint density at radius 3 is 2.47 bits per heavy atom. The second kappa shape index (κ2) is 11.7. The molecular weight excluding hydrogens is 484 g/mol. The third-order valence-corrected chi connectivity index (χ3v) is 5.95. The first-order chi connectivity index (χ1) is 18.3. The van der Waals surface area contributed by atoms with Gasteiger partial charge in [-0.05, 0) is 66.4 Å². The maximum Gasteiger partial charge on any atom is 0.338 e. The minimum atomic E-state index is -0.956. The highest BCUT2D eigenvalue weighted by Gasteiger charge is 2.47. The molecule has 0 spiro atoms. The van der Waals surface area contributed by atoms with Crippen LogP contribution >= 0.6 is 0 Å². The number of rotatable bonds is 9. The van der Waals surface area contributed by atoms with Crippen molar-refractivity contribution in [1.29, 1.82) is 0 Å². The Balaban J connectivity index is 1.78. The van der Waals surface area contributed by atoms with E-state index in [1.54, 1.807) is 67.0 Å². The lowest BCUT2D eigenvalue weighted by Crippen LogP contribution is -2.29. The average molecular weight is 515 g/mol. The first-order valence-corrected chi connectivity index (χ1v) is 12.5. The molecule has 1 saturated heterocycles. The Morgan fingerprint density at radius 2 is 1.82 bits per heavy atom. The zero-order valence-corrected chi connectivity index (χ0v) is 21.6. The van der Waals surface area contributed by atoms with Gasteiger partial charge in [0.25, 0.3) is 11.7 Å². The summed E-state index contributed by atoms with van der Waals surface area (Å²) in [7, 11) is 0. The fraction of sp³-hybridized carbons (Fsp3) is 0.267. The monoisotopic (exact) mass is 514 g/mol. The molecule has 1 aliphatic rings. The predicted octanol–water partition coefficient (Wildman–Crippen LogP) is 5.31. The molecule has 0 radical (unpaired) electrons. The number of Topliss-reactive ketones (excluding diaryl/α,β-unsaturated/α-hetero) is 1. The molecule has 38 heavy (non-hydrogen) atoms. The standard InChI is InChI=1S/C30H30N2O6/c1-4-15-37-30(36)21-7-5-9-23(16-21)32-26(22-8-6-14-31-17-22)25(28(34)29(32)35)27(33)20-10-12-24(13-11-20)38-18-19(2)3/h5-14,16-17,19,26,33H,4,15,18H2,1-3H3/b27-25+. The molecule has 1 aliphatic heterocycles. The lowest BCUT2D eigenvalue weighted by molar-refractivity contribution is -0.132. The number of aliphatic hydroxyl groups is 1. The smallest absolute Gasteiger partial charge is 0.338 e. The number of esters is 1. The van der Waals surface area contributed by atoms with Gasteiger partial charge in [-0.1, -0.05) is 32.9 Å². The molecule has 0 aliphatic carbocycles. The van der Waals surface area contributed by atoms with Crippen LogP contribution in [-0.4, -0.2) is 41.0 Å². The SMILES string of the molecule is CCCOC(=O)c1cccc(N2C(=O)C(=O)/C(=C(/O)c3ccc(OCC(C)C)cc3)C2c2cccnc2)c1. The zero-order valence-electron chi connectivity index (χ0n) is 21.6. The van der Waals surface area contributed by atoms with Gasteiger partial charge in [0.2, 0.25) is 0 Å². The molecule has 1 fully saturated rings. The number of ketones is 1. The van der Waals surface area contributed by atoms with Crippen molar-refractivity contribution in [3.8, 4) is 5.75 Å². The number of hydrogen-bond donors (Lipinski definition) is 1. The van der Waals surface area contributed by atoms with Gasteiger partial charge < -0.3 is 14.6 Å². The van der Waals surface area contributed by atoms with Crippen molar-refractivity contribution >= 4 is 29.1 Å². The number of hydrogen-bond acceptors (Lipinski definition) is 7. The number of anilines is 1. The van der Waals surface area contributed by atoms with Crippen LogP contribution in [0.15, 0.2) is 78.6 Å². The number of carbonyl (C=O) groups excluding carboxylic acids is 3. The molecule has 0 bridgehead atoms. The fourth-order valence-electron chi connectivity index (χ4n) is 4.14. The van der Waals surface area contributed by atoms with Crippen molar-refractivity contribution in [1.82, 2.24) is 4.98 Å². The maximum atomic E-state index is 13.4. The van der Waals surface area contributed by atoms with Crippen LogP contribution in [0, 0.1) is 5.92 Å². The highest BCUT2D eigenvalue weighted by atomic mass is 16.5. The van der Waals surface area contributed by atoms with Crippen molar-refractivity contribution in [2.24, 2.45) is 5.92 Å². The van der Waals surface area contributed by atoms with Gasteiger partial charge in [-0.2, -0.15) is 0 Å². The summed E-state index contributed by atoms with van der Waals surface area (Å²) in [5, 5.41) is 11.3. The Morgan fingerprint density at radius 1 is 1.05 bits per heavy atom. The summed E-state index contributed by atoms with van der Waals surface area (Å²) in [6.07, 6.45) is 3.79. The topological polar surface area (TPSA) is 106 Å². The molecule has 8 heteroatoms. The van der Waals surface area contributed by atoms with E-state index in [4.69, 9.17) is 9.47 Å². The highest BCUT2D eigenvalue weighted by Crippen LogP contribution is 2.42. The quantitative estimate of drug-likeness (QED) is 0.179. The van der Waals surface area contributed by atoms with E-state index >= 15 is 0 Å². The number of benzene rings is 2. The summed E-state index contributed by atoms with van der Waals surface area (Å²) in [5.74, 6) is -1.51. The molecule has 1 amide bonds. The van der Waals surface area contributed by atoms with E-state index in [0.29, 0.717) is 41.5 Å². The second-order valence-electron chi connectivity index (χ2n) is 9.37. The van der Waals surface area contributed by atoms with Gasteiger partial charge in [-0.25, -0.2) is 4.79 Å². The molecule has 1 N–H and O–H groups in total. The minimum Gasteiger partial charge on any atom is -0.507 e. The summed E-state index contributed by atoms with van der Waals surface area (Å²) in [5.41, 5.74) is 1.40. The Kier molecular flexibility index (Phi) is 8.21. The van der Waals surface area contributed by atoms with E-state index in [0.717, 1.165) is 0 Å². The summed E-state index contributed by atoms with van der Waals surface area (Å²) in [6, 6.07) is 15.5. The molecule has 1 aromatic heterocycles. The van der Waals surface area contributed by atoms with Crippen LogP contribution in [0.25, 0.3) is 5.76 Å². The number of aliphatic hydroxyl groups excluding tert-OH is 1. The molecule has 3 aromatic rings. The van der Waals surface area contributed by atoms with E-state index < -0.39 is 23.7 Å². The van der Waals surface area contributed by atoms with Crippen LogP contribution in [0.4, 0.5) is 5.69 Å². The number of ether oxygens (including phenoxy) is 2. The third-order valence-electron chi connectivity index (χ3n) is 5.95. The van der Waals surface area contributed by atoms with Crippen molar-refractivity contribution in [2.75, 3.05) is 18.1 Å². The largest absolute Gasteiger partial charge is 0.507 e. The number of nitrogens with zero attached hydrogens (tertiary/aromatic N) is 2. The van der Waals surface area contributed by atoms with Crippen molar-refractivity contribution < 1.29 is 29.0 Å². The summed E-state index contributed by atoms with van der Waals surface area (Å²) >= 11 is 0. The van der Waals surface area contributed by atoms with Crippen LogP contribution < -0.4 is 9.64 Å². The van der Waals surface area contributed by atoms with Gasteiger partial charge >= 0.3 is 5.97 Å². The molecule has 1 unspecified atom stereocenters. The van der Waals surface area contributed by atoms with E-state index in [1.807, 2.05) is 20.8 Å². The lowest BCUT2D eigenvalue weighted by atomic mass is 9.96. The second-order valence-corrected chi connectivity index (χ2v) is 9.37. The minimum absolute atomic E-state index is 0.0715. The summed E-state index contributed by atoms with van der Waals surface area (Å²) < 4.78 is 10.9. The Labute approximate surface area is 221 Å². The van der Waals surface area contributed by atoms with Crippen LogP contribution in [0.2, 0.25) is 0 Å². The van der Waals surface area contributed by atoms with Gasteiger partial charge in [0.15, 0.2) is 0 Å². The Bertz CT molecular complexity index is 1350. The lowest BCUT2D eigenvalue weighted by Gasteiger charge is -2.25. The van der Waals surface area contributed by atoms with Crippen LogP contribution in [-0.2, 0) is 14.3 Å². The van der Waals surface area contributed by atoms with Crippen molar-refractivity contribution in [3.63, 3.8) is 0 Å². The molecule has 2 heterocycles. The van der Waals surface area contributed by atoms with Gasteiger partial charge in [0.1, 0.15) is 11.5 Å². The summed E-state index contributed by atoms with van der Waals surface area (Å²) in [6.45, 7) is 6.79. The average Bonchev–Trinajstić information content (AvgIpc) is 3.21. The molecule has 1 atom stereocenters. The number of carbonyl (C=O) groups is 3. The first kappa shape index (κ1) is 26.6. The molecule has 8 nitrogen and oxygen atoms in total. The van der Waals surface area contributed by atoms with Gasteiger partial charge in [-0.15, -0.1) is 0 Å². The van der Waals surface area contributed by atoms with E-state index in [2.05, 4.69) is 4.98 Å².